The number of hydrogen-bond donors (Lipinski definition) is 7. The molecule has 230 valence electrons. The van der Waals surface area contributed by atoms with Gasteiger partial charge in [0.15, 0.2) is 17.4 Å². The predicted octanol–water partition coefficient (Wildman–Crippen LogP) is -0.142. The van der Waals surface area contributed by atoms with Gasteiger partial charge in [0, 0.05) is 6.07 Å². The summed E-state index contributed by atoms with van der Waals surface area (Å²) in [5.41, 5.74) is 5.67. The molecule has 0 bridgehead atoms. The predicted molar refractivity (Wildman–Crippen MR) is 133 cm³/mol. The second kappa shape index (κ2) is 12.0. The van der Waals surface area contributed by atoms with E-state index in [1.54, 1.807) is 6.07 Å². The lowest BCUT2D eigenvalue weighted by Crippen LogP contribution is -2.33. The van der Waals surface area contributed by atoms with Crippen molar-refractivity contribution >= 4 is 46.3 Å². The summed E-state index contributed by atoms with van der Waals surface area (Å²) in [6.45, 7) is -1.36. The summed E-state index contributed by atoms with van der Waals surface area (Å²) in [5.74, 6) is -0.522. The van der Waals surface area contributed by atoms with Crippen LogP contribution in [0.5, 0.6) is 5.88 Å². The number of rotatable bonds is 12. The molecule has 8 N–H and O–H groups in total. The van der Waals surface area contributed by atoms with Crippen LogP contribution in [0.2, 0.25) is 0 Å². The Balaban J connectivity index is 1.50. The van der Waals surface area contributed by atoms with Gasteiger partial charge in [-0.3, -0.25) is 19.2 Å². The van der Waals surface area contributed by atoms with Gasteiger partial charge in [0.1, 0.15) is 24.9 Å². The van der Waals surface area contributed by atoms with Crippen LogP contribution in [0.15, 0.2) is 30.6 Å². The van der Waals surface area contributed by atoms with Crippen LogP contribution in [0.25, 0.3) is 11.2 Å². The number of imidazole rings is 1. The summed E-state index contributed by atoms with van der Waals surface area (Å²) in [6.07, 6.45) is -5.50. The zero-order chi connectivity index (χ0) is 31.0. The Morgan fingerprint density at radius 1 is 1.05 bits per heavy atom. The van der Waals surface area contributed by atoms with Crippen molar-refractivity contribution in [1.29, 1.82) is 0 Å². The molecule has 0 saturated carbocycles. The van der Waals surface area contributed by atoms with E-state index in [0.717, 1.165) is 10.9 Å². The molecule has 2 aromatic heterocycles. The van der Waals surface area contributed by atoms with Crippen LogP contribution >= 0.6 is 23.5 Å². The third kappa shape index (κ3) is 7.52. The molecule has 1 aromatic carbocycles. The summed E-state index contributed by atoms with van der Waals surface area (Å²) < 4.78 is 58.1. The summed E-state index contributed by atoms with van der Waals surface area (Å²) in [6, 6.07) is 5.78. The molecule has 0 aliphatic carbocycles. The topological polar surface area (TPSA) is 332 Å². The lowest BCUT2D eigenvalue weighted by atomic mass is 10.1. The molecule has 0 amide bonds. The Labute approximate surface area is 232 Å². The zero-order valence-corrected chi connectivity index (χ0v) is 23.2. The average Bonchev–Trinajstić information content (AvgIpc) is 3.39. The molecule has 6 atom stereocenters. The first-order valence-corrected chi connectivity index (χ1v) is 15.6. The molecule has 4 rings (SSSR count). The van der Waals surface area contributed by atoms with Crippen molar-refractivity contribution in [2.24, 2.45) is 0 Å². The number of benzene rings is 1. The van der Waals surface area contributed by atoms with Crippen LogP contribution in [-0.4, -0.2) is 79.1 Å². The van der Waals surface area contributed by atoms with Crippen LogP contribution in [0.1, 0.15) is 11.8 Å². The van der Waals surface area contributed by atoms with Gasteiger partial charge in [-0.05, 0) is 6.07 Å². The number of anilines is 1. The van der Waals surface area contributed by atoms with E-state index in [1.807, 2.05) is 0 Å². The van der Waals surface area contributed by atoms with Crippen molar-refractivity contribution in [3.05, 3.63) is 46.3 Å². The van der Waals surface area contributed by atoms with Crippen LogP contribution in [0.3, 0.4) is 0 Å². The highest BCUT2D eigenvalue weighted by atomic mass is 31.3. The number of nitrogens with two attached hydrogens (primary N) is 1. The first kappa shape index (κ1) is 32.0. The van der Waals surface area contributed by atoms with E-state index in [0.29, 0.717) is 0 Å². The highest BCUT2D eigenvalue weighted by Gasteiger charge is 2.47. The van der Waals surface area contributed by atoms with Gasteiger partial charge >= 0.3 is 23.5 Å². The number of nitro groups is 1. The first-order valence-electron chi connectivity index (χ1n) is 11.1. The second-order valence-corrected chi connectivity index (χ2v) is 12.7. The summed E-state index contributed by atoms with van der Waals surface area (Å²) >= 11 is 0. The molecule has 25 heteroatoms. The van der Waals surface area contributed by atoms with Crippen molar-refractivity contribution < 1.29 is 71.0 Å². The van der Waals surface area contributed by atoms with E-state index in [-0.39, 0.29) is 40.8 Å². The van der Waals surface area contributed by atoms with Gasteiger partial charge in [0.25, 0.3) is 5.69 Å². The Hall–Kier alpha value is -2.94. The first-order chi connectivity index (χ1) is 19.5. The number of nitro benzene ring substituents is 1. The zero-order valence-electron chi connectivity index (χ0n) is 20.5. The molecule has 1 aliphatic heterocycles. The van der Waals surface area contributed by atoms with Gasteiger partial charge in [-0.1, -0.05) is 12.1 Å². The fraction of sp³-hybridized carbons (Fsp3) is 0.353. The smallest absolute Gasteiger partial charge is 0.471 e. The number of aromatic nitrogens is 4. The van der Waals surface area contributed by atoms with Crippen molar-refractivity contribution in [3.8, 4) is 5.88 Å². The van der Waals surface area contributed by atoms with Gasteiger partial charge in [-0.15, -0.1) is 0 Å². The Morgan fingerprint density at radius 2 is 1.74 bits per heavy atom. The molecule has 0 spiro atoms. The third-order valence-corrected chi connectivity index (χ3v) is 9.19. The minimum Gasteiger partial charge on any atom is -0.471 e. The van der Waals surface area contributed by atoms with Crippen LogP contribution in [-0.2, 0) is 38.2 Å². The minimum absolute atomic E-state index is 0.0233. The number of para-hydroxylation sites is 1. The highest BCUT2D eigenvalue weighted by Crippen LogP contribution is 2.66. The summed E-state index contributed by atoms with van der Waals surface area (Å²) in [7, 11) is -16.9. The fourth-order valence-electron chi connectivity index (χ4n) is 3.72. The van der Waals surface area contributed by atoms with Crippen LogP contribution < -0.4 is 10.5 Å². The van der Waals surface area contributed by atoms with Crippen LogP contribution in [0, 0.1) is 10.1 Å². The standard InChI is InChI=1S/C17H21N6O16P3/c18-17-20-14-11(15(21-17)35-5-8-3-1-2-4-9(8)23(26)27)19-7-22(14)16-13(25)12(24)10(37-16)6-36-41(31,32)39-42(33,34)38-40(28,29)30/h1-4,7,10,12-13,16,24-25H,5-6H2,(H,31,32)(H,33,34)(H2,18,20,21)(H2,28,29,30)/t10-,12-,13-,16-/m1/s1. The fourth-order valence-corrected chi connectivity index (χ4v) is 6.75. The molecular weight excluding hydrogens is 637 g/mol. The average molecular weight is 658 g/mol. The number of aliphatic hydroxyl groups is 2. The molecule has 1 aliphatic rings. The second-order valence-electron chi connectivity index (χ2n) is 8.32. The van der Waals surface area contributed by atoms with E-state index in [2.05, 4.69) is 28.1 Å². The molecule has 1 fully saturated rings. The monoisotopic (exact) mass is 658 g/mol. The maximum atomic E-state index is 12.0. The highest BCUT2D eigenvalue weighted by molar-refractivity contribution is 7.66. The lowest BCUT2D eigenvalue weighted by Gasteiger charge is -2.19. The van der Waals surface area contributed by atoms with Gasteiger partial charge in [-0.2, -0.15) is 18.6 Å². The van der Waals surface area contributed by atoms with Gasteiger partial charge in [0.05, 0.1) is 23.4 Å². The minimum atomic E-state index is -5.78. The molecule has 0 radical (unpaired) electrons. The van der Waals surface area contributed by atoms with Crippen LogP contribution in [0.4, 0.5) is 11.6 Å². The number of nitrogen functional groups attached to an aromatic ring is 1. The molecular formula is C17H21N6O16P3. The molecule has 2 unspecified atom stereocenters. The maximum absolute atomic E-state index is 12.0. The molecule has 3 heterocycles. The number of phosphoric acid groups is 3. The SMILES string of the molecule is Nc1nc(OCc2ccccc2[N+](=O)[O-])c2ncn([C@@H]3O[C@H](COP(=O)(O)OP(=O)(O)OP(=O)(O)O)[C@@H](O)[C@H]3O)c2n1. The molecule has 42 heavy (non-hydrogen) atoms. The summed E-state index contributed by atoms with van der Waals surface area (Å²) in [4.78, 5) is 58.8. The largest absolute Gasteiger partial charge is 0.490 e. The van der Waals surface area contributed by atoms with E-state index in [1.165, 1.54) is 18.2 Å². The molecule has 3 aromatic rings. The third-order valence-electron chi connectivity index (χ3n) is 5.39. The number of aliphatic hydroxyl groups excluding tert-OH is 2. The van der Waals surface area contributed by atoms with Crippen molar-refractivity contribution in [2.45, 2.75) is 31.1 Å². The number of nitrogens with zero attached hydrogens (tertiary/aromatic N) is 5. The Morgan fingerprint density at radius 3 is 2.40 bits per heavy atom. The number of hydrogen-bond acceptors (Lipinski definition) is 16. The molecule has 22 nitrogen and oxygen atoms in total. The van der Waals surface area contributed by atoms with E-state index in [9.17, 15) is 43.8 Å². The number of fused-ring (bicyclic) bond motifs is 1. The Bertz CT molecular complexity index is 1630. The van der Waals surface area contributed by atoms with Gasteiger partial charge < -0.3 is 45.0 Å². The van der Waals surface area contributed by atoms with Crippen molar-refractivity contribution in [2.75, 3.05) is 12.3 Å². The number of ether oxygens (including phenoxy) is 2. The van der Waals surface area contributed by atoms with Crippen molar-refractivity contribution in [1.82, 2.24) is 19.5 Å². The quantitative estimate of drug-likeness (QED) is 0.0756. The molecule has 1 saturated heterocycles. The van der Waals surface area contributed by atoms with Crippen molar-refractivity contribution in [3.63, 3.8) is 0 Å². The normalized spacial score (nSPS) is 23.9. The summed E-state index contributed by atoms with van der Waals surface area (Å²) in [5, 5.41) is 32.2. The van der Waals surface area contributed by atoms with Gasteiger partial charge in [0.2, 0.25) is 11.8 Å². The number of phosphoric ester groups is 1. The maximum Gasteiger partial charge on any atom is 0.490 e. The lowest BCUT2D eigenvalue weighted by molar-refractivity contribution is -0.385. The Kier molecular flexibility index (Phi) is 9.12. The van der Waals surface area contributed by atoms with Gasteiger partial charge in [-0.25, -0.2) is 18.7 Å². The van der Waals surface area contributed by atoms with E-state index < -0.39 is 59.5 Å². The van der Waals surface area contributed by atoms with E-state index in [4.69, 9.17) is 25.0 Å². The van der Waals surface area contributed by atoms with E-state index >= 15 is 0 Å².